The third-order valence-corrected chi connectivity index (χ3v) is 4.49. The van der Waals surface area contributed by atoms with Gasteiger partial charge in [-0.05, 0) is 78.9 Å². The summed E-state index contributed by atoms with van der Waals surface area (Å²) in [5.41, 5.74) is 1.10. The maximum Gasteiger partial charge on any atom is 0.257 e. The number of hydrogen-bond donors (Lipinski definition) is 2. The Morgan fingerprint density at radius 1 is 0.867 bits per heavy atom. The third-order valence-electron chi connectivity index (χ3n) is 4.03. The highest BCUT2D eigenvalue weighted by atomic mass is 35.5. The number of anilines is 1. The molecule has 8 heteroatoms. The minimum Gasteiger partial charge on any atom is -0.493 e. The quantitative estimate of drug-likeness (QED) is 0.506. The summed E-state index contributed by atoms with van der Waals surface area (Å²) in [4.78, 5) is 12.4. The van der Waals surface area contributed by atoms with Crippen LogP contribution < -0.4 is 24.8 Å². The summed E-state index contributed by atoms with van der Waals surface area (Å²) in [5, 5.41) is 6.41. The van der Waals surface area contributed by atoms with E-state index in [1.54, 1.807) is 66.7 Å². The largest absolute Gasteiger partial charge is 0.493 e. The van der Waals surface area contributed by atoms with Crippen molar-refractivity contribution >= 4 is 40.5 Å². The van der Waals surface area contributed by atoms with Gasteiger partial charge in [-0.1, -0.05) is 11.6 Å². The number of halogens is 1. The van der Waals surface area contributed by atoms with Crippen molar-refractivity contribution in [2.24, 2.45) is 0 Å². The highest BCUT2D eigenvalue weighted by molar-refractivity contribution is 7.80. The molecule has 3 rings (SSSR count). The molecule has 0 atom stereocenters. The van der Waals surface area contributed by atoms with Crippen molar-refractivity contribution in [3.8, 4) is 23.0 Å². The van der Waals surface area contributed by atoms with Gasteiger partial charge in [0.2, 0.25) is 0 Å². The second-order valence-electron chi connectivity index (χ2n) is 6.06. The molecule has 0 radical (unpaired) electrons. The van der Waals surface area contributed by atoms with Crippen LogP contribution in [0.2, 0.25) is 5.02 Å². The fourth-order valence-corrected chi connectivity index (χ4v) is 2.90. The summed E-state index contributed by atoms with van der Waals surface area (Å²) in [5.74, 6) is 1.97. The lowest BCUT2D eigenvalue weighted by atomic mass is 10.2. The van der Waals surface area contributed by atoms with Gasteiger partial charge in [-0.15, -0.1) is 0 Å². The van der Waals surface area contributed by atoms with E-state index in [4.69, 9.17) is 38.0 Å². The highest BCUT2D eigenvalue weighted by Crippen LogP contribution is 2.27. The van der Waals surface area contributed by atoms with Crippen molar-refractivity contribution < 1.29 is 19.0 Å². The molecule has 0 bridgehead atoms. The summed E-state index contributed by atoms with van der Waals surface area (Å²) < 4.78 is 16.1. The number of methoxy groups -OCH3 is 2. The molecule has 0 unspecified atom stereocenters. The zero-order valence-corrected chi connectivity index (χ0v) is 17.8. The van der Waals surface area contributed by atoms with Gasteiger partial charge in [-0.3, -0.25) is 10.1 Å². The van der Waals surface area contributed by atoms with Gasteiger partial charge in [0.1, 0.15) is 11.5 Å². The number of amides is 1. The zero-order chi connectivity index (χ0) is 21.5. The number of thiocarbonyl (C=S) groups is 1. The lowest BCUT2D eigenvalue weighted by Crippen LogP contribution is -2.34. The Morgan fingerprint density at radius 3 is 2.07 bits per heavy atom. The fraction of sp³-hybridized carbons (Fsp3) is 0.0909. The summed E-state index contributed by atoms with van der Waals surface area (Å²) in [6.07, 6.45) is 0. The molecule has 30 heavy (non-hydrogen) atoms. The SMILES string of the molecule is COc1ccc(C(=O)NC(=S)Nc2ccc(Oc3ccc(Cl)cc3)cc2)cc1OC. The fourth-order valence-electron chi connectivity index (χ4n) is 2.56. The number of benzene rings is 3. The predicted octanol–water partition coefficient (Wildman–Crippen LogP) is 5.28. The summed E-state index contributed by atoms with van der Waals surface area (Å²) in [6, 6.07) is 19.1. The van der Waals surface area contributed by atoms with Crippen LogP contribution in [0.5, 0.6) is 23.0 Å². The standard InChI is InChI=1S/C22H19ClN2O4S/c1-27-19-12-3-14(13-20(19)28-2)21(26)25-22(30)24-16-6-10-18(11-7-16)29-17-8-4-15(23)5-9-17/h3-13H,1-2H3,(H2,24,25,26,30). The van der Waals surface area contributed by atoms with Gasteiger partial charge in [0.15, 0.2) is 16.6 Å². The summed E-state index contributed by atoms with van der Waals surface area (Å²) >= 11 is 11.1. The lowest BCUT2D eigenvalue weighted by Gasteiger charge is -2.12. The lowest BCUT2D eigenvalue weighted by molar-refractivity contribution is 0.0977. The van der Waals surface area contributed by atoms with Gasteiger partial charge >= 0.3 is 0 Å². The van der Waals surface area contributed by atoms with Crippen LogP contribution in [-0.4, -0.2) is 25.2 Å². The Kier molecular flexibility index (Phi) is 7.11. The maximum atomic E-state index is 12.4. The van der Waals surface area contributed by atoms with E-state index in [1.165, 1.54) is 14.2 Å². The van der Waals surface area contributed by atoms with E-state index in [1.807, 2.05) is 0 Å². The molecule has 2 N–H and O–H groups in total. The first kappa shape index (κ1) is 21.4. The van der Waals surface area contributed by atoms with Gasteiger partial charge in [0.25, 0.3) is 5.91 Å². The number of ether oxygens (including phenoxy) is 3. The molecular weight excluding hydrogens is 424 g/mol. The van der Waals surface area contributed by atoms with Crippen molar-refractivity contribution in [2.75, 3.05) is 19.5 Å². The van der Waals surface area contributed by atoms with Crippen LogP contribution in [0.4, 0.5) is 5.69 Å². The van der Waals surface area contributed by atoms with Crippen LogP contribution >= 0.6 is 23.8 Å². The number of hydrogen-bond acceptors (Lipinski definition) is 5. The smallest absolute Gasteiger partial charge is 0.257 e. The minimum atomic E-state index is -0.365. The van der Waals surface area contributed by atoms with E-state index < -0.39 is 0 Å². The Hall–Kier alpha value is -3.29. The Bertz CT molecular complexity index is 1040. The highest BCUT2D eigenvalue weighted by Gasteiger charge is 2.12. The number of nitrogens with one attached hydrogen (secondary N) is 2. The molecule has 0 spiro atoms. The van der Waals surface area contributed by atoms with E-state index in [9.17, 15) is 4.79 Å². The average Bonchev–Trinajstić information content (AvgIpc) is 2.76. The molecule has 0 saturated heterocycles. The van der Waals surface area contributed by atoms with E-state index in [-0.39, 0.29) is 11.0 Å². The molecule has 1 amide bonds. The molecule has 3 aromatic rings. The first-order valence-electron chi connectivity index (χ1n) is 8.86. The van der Waals surface area contributed by atoms with Gasteiger partial charge in [-0.25, -0.2) is 0 Å². The van der Waals surface area contributed by atoms with E-state index in [0.29, 0.717) is 39.3 Å². The topological polar surface area (TPSA) is 68.8 Å². The molecular formula is C22H19ClN2O4S. The van der Waals surface area contributed by atoms with Crippen LogP contribution in [0, 0.1) is 0 Å². The van der Waals surface area contributed by atoms with Crippen LogP contribution in [0.3, 0.4) is 0 Å². The molecule has 0 aromatic heterocycles. The maximum absolute atomic E-state index is 12.4. The van der Waals surface area contributed by atoms with Crippen molar-refractivity contribution in [2.45, 2.75) is 0 Å². The number of carbonyl (C=O) groups is 1. The van der Waals surface area contributed by atoms with Crippen molar-refractivity contribution in [3.05, 3.63) is 77.3 Å². The predicted molar refractivity (Wildman–Crippen MR) is 121 cm³/mol. The van der Waals surface area contributed by atoms with Gasteiger partial charge in [0, 0.05) is 16.3 Å². The zero-order valence-electron chi connectivity index (χ0n) is 16.3. The van der Waals surface area contributed by atoms with E-state index >= 15 is 0 Å². The molecule has 0 saturated carbocycles. The second-order valence-corrected chi connectivity index (χ2v) is 6.90. The van der Waals surface area contributed by atoms with Crippen molar-refractivity contribution in [1.29, 1.82) is 0 Å². The molecule has 0 aliphatic carbocycles. The molecule has 6 nitrogen and oxygen atoms in total. The van der Waals surface area contributed by atoms with E-state index in [2.05, 4.69) is 10.6 Å². The number of rotatable bonds is 6. The van der Waals surface area contributed by atoms with E-state index in [0.717, 1.165) is 0 Å². The monoisotopic (exact) mass is 442 g/mol. The van der Waals surface area contributed by atoms with Crippen LogP contribution in [0.15, 0.2) is 66.7 Å². The van der Waals surface area contributed by atoms with Crippen LogP contribution in [-0.2, 0) is 0 Å². The molecule has 0 aliphatic heterocycles. The Morgan fingerprint density at radius 2 is 1.47 bits per heavy atom. The molecule has 0 heterocycles. The van der Waals surface area contributed by atoms with Gasteiger partial charge < -0.3 is 19.5 Å². The molecule has 0 aliphatic rings. The van der Waals surface area contributed by atoms with Crippen LogP contribution in [0.1, 0.15) is 10.4 Å². The first-order valence-corrected chi connectivity index (χ1v) is 9.65. The average molecular weight is 443 g/mol. The minimum absolute atomic E-state index is 0.168. The van der Waals surface area contributed by atoms with Gasteiger partial charge in [-0.2, -0.15) is 0 Å². The third kappa shape index (κ3) is 5.62. The first-order chi connectivity index (χ1) is 14.5. The van der Waals surface area contributed by atoms with Crippen molar-refractivity contribution in [1.82, 2.24) is 5.32 Å². The second kappa shape index (κ2) is 9.96. The number of carbonyl (C=O) groups excluding carboxylic acids is 1. The summed E-state index contributed by atoms with van der Waals surface area (Å²) in [7, 11) is 3.04. The van der Waals surface area contributed by atoms with Crippen LogP contribution in [0.25, 0.3) is 0 Å². The molecule has 3 aromatic carbocycles. The Balaban J connectivity index is 1.58. The van der Waals surface area contributed by atoms with Gasteiger partial charge in [0.05, 0.1) is 14.2 Å². The molecule has 154 valence electrons. The van der Waals surface area contributed by atoms with Crippen molar-refractivity contribution in [3.63, 3.8) is 0 Å². The normalized spacial score (nSPS) is 10.1. The molecule has 0 fully saturated rings. The summed E-state index contributed by atoms with van der Waals surface area (Å²) in [6.45, 7) is 0. The Labute approximate surface area is 184 Å².